The fourth-order valence-electron chi connectivity index (χ4n) is 2.41. The molecule has 1 amide bonds. The zero-order valence-electron chi connectivity index (χ0n) is 13.7. The number of carbonyl (C=O) groups excluding carboxylic acids is 1. The van der Waals surface area contributed by atoms with E-state index in [2.05, 4.69) is 18.7 Å². The van der Waals surface area contributed by atoms with E-state index in [-0.39, 0.29) is 11.5 Å². The smallest absolute Gasteiger partial charge is 0.256 e. The number of carbonyl (C=O) groups is 1. The molecule has 0 heterocycles. The van der Waals surface area contributed by atoms with Gasteiger partial charge in [0.25, 0.3) is 5.91 Å². The molecule has 0 saturated heterocycles. The molecule has 0 N–H and O–H groups in total. The van der Waals surface area contributed by atoms with Gasteiger partial charge in [0.15, 0.2) is 0 Å². The number of hydrogen-bond acceptors (Lipinski definition) is 2. The summed E-state index contributed by atoms with van der Waals surface area (Å²) in [5, 5.41) is 0. The van der Waals surface area contributed by atoms with Crippen LogP contribution in [0.1, 0.15) is 43.1 Å². The van der Waals surface area contributed by atoms with E-state index in [1.807, 2.05) is 6.92 Å². The van der Waals surface area contributed by atoms with Crippen LogP contribution in [0.15, 0.2) is 18.2 Å². The minimum Gasteiger partial charge on any atom is -0.339 e. The van der Waals surface area contributed by atoms with E-state index in [1.54, 1.807) is 30.0 Å². The van der Waals surface area contributed by atoms with E-state index in [4.69, 9.17) is 0 Å². The summed E-state index contributed by atoms with van der Waals surface area (Å²) in [6.45, 7) is 12.2. The van der Waals surface area contributed by atoms with Crippen LogP contribution in [-0.4, -0.2) is 48.4 Å². The highest BCUT2D eigenvalue weighted by atomic mass is 19.1. The van der Waals surface area contributed by atoms with Gasteiger partial charge in [0, 0.05) is 13.1 Å². The third-order valence-electron chi connectivity index (χ3n) is 3.89. The lowest BCUT2D eigenvalue weighted by atomic mass is 10.1. The summed E-state index contributed by atoms with van der Waals surface area (Å²) in [6, 6.07) is 4.98. The van der Waals surface area contributed by atoms with Crippen molar-refractivity contribution in [2.75, 3.05) is 32.7 Å². The molecule has 0 radical (unpaired) electrons. The third kappa shape index (κ3) is 4.81. The van der Waals surface area contributed by atoms with Crippen molar-refractivity contribution < 1.29 is 9.18 Å². The molecule has 0 aromatic heterocycles. The molecular weight excluding hydrogens is 267 g/mol. The summed E-state index contributed by atoms with van der Waals surface area (Å²) in [6.07, 6.45) is 0.911. The van der Waals surface area contributed by atoms with Gasteiger partial charge in [-0.2, -0.15) is 0 Å². The Balaban J connectivity index is 2.67. The molecule has 3 nitrogen and oxygen atoms in total. The fourth-order valence-corrected chi connectivity index (χ4v) is 2.41. The highest BCUT2D eigenvalue weighted by Gasteiger charge is 2.18. The molecule has 1 aromatic carbocycles. The van der Waals surface area contributed by atoms with Gasteiger partial charge in [-0.15, -0.1) is 0 Å². The summed E-state index contributed by atoms with van der Waals surface area (Å²) in [5.41, 5.74) is 0.694. The zero-order chi connectivity index (χ0) is 15.8. The number of nitrogens with zero attached hydrogens (tertiary/aromatic N) is 2. The Hall–Kier alpha value is -1.42. The first-order chi connectivity index (χ1) is 10.0. The van der Waals surface area contributed by atoms with Crippen molar-refractivity contribution in [1.29, 1.82) is 0 Å². The molecule has 0 aliphatic rings. The van der Waals surface area contributed by atoms with Crippen molar-refractivity contribution in [3.8, 4) is 0 Å². The van der Waals surface area contributed by atoms with Crippen LogP contribution in [0.2, 0.25) is 0 Å². The van der Waals surface area contributed by atoms with Crippen LogP contribution in [0, 0.1) is 12.7 Å². The van der Waals surface area contributed by atoms with Crippen LogP contribution in [0.3, 0.4) is 0 Å². The maximum atomic E-state index is 14.1. The van der Waals surface area contributed by atoms with Crippen molar-refractivity contribution in [1.82, 2.24) is 9.80 Å². The van der Waals surface area contributed by atoms with Crippen LogP contribution < -0.4 is 0 Å². The summed E-state index contributed by atoms with van der Waals surface area (Å²) in [7, 11) is 0. The number of hydrogen-bond donors (Lipinski definition) is 0. The van der Waals surface area contributed by atoms with Crippen LogP contribution in [-0.2, 0) is 0 Å². The Kier molecular flexibility index (Phi) is 7.37. The Labute approximate surface area is 127 Å². The summed E-state index contributed by atoms with van der Waals surface area (Å²) < 4.78 is 14.1. The van der Waals surface area contributed by atoms with Crippen molar-refractivity contribution in [3.63, 3.8) is 0 Å². The second-order valence-electron chi connectivity index (χ2n) is 5.20. The standard InChI is InChI=1S/C17H27FN2O/c1-5-19(6-2)12-9-13-20(7-3)17(21)15-11-8-10-14(4)16(15)18/h8,10-11H,5-7,9,12-13H2,1-4H3. The van der Waals surface area contributed by atoms with Gasteiger partial charge in [0.1, 0.15) is 5.82 Å². The van der Waals surface area contributed by atoms with Gasteiger partial charge in [-0.1, -0.05) is 26.0 Å². The lowest BCUT2D eigenvalue weighted by molar-refractivity contribution is 0.0752. The van der Waals surface area contributed by atoms with Crippen molar-refractivity contribution in [3.05, 3.63) is 35.1 Å². The van der Waals surface area contributed by atoms with Gasteiger partial charge < -0.3 is 9.80 Å². The van der Waals surface area contributed by atoms with E-state index >= 15 is 0 Å². The van der Waals surface area contributed by atoms with Gasteiger partial charge in [-0.25, -0.2) is 4.39 Å². The van der Waals surface area contributed by atoms with Crippen LogP contribution in [0.5, 0.6) is 0 Å². The van der Waals surface area contributed by atoms with E-state index in [0.29, 0.717) is 18.7 Å². The molecule has 21 heavy (non-hydrogen) atoms. The highest BCUT2D eigenvalue weighted by molar-refractivity contribution is 5.94. The quantitative estimate of drug-likeness (QED) is 0.734. The molecule has 0 fully saturated rings. The largest absolute Gasteiger partial charge is 0.339 e. The van der Waals surface area contributed by atoms with Crippen LogP contribution >= 0.6 is 0 Å². The molecule has 0 atom stereocenters. The number of aryl methyl sites for hydroxylation is 1. The molecule has 0 bridgehead atoms. The summed E-state index contributed by atoms with van der Waals surface area (Å²) in [4.78, 5) is 16.5. The van der Waals surface area contributed by atoms with Crippen LogP contribution in [0.4, 0.5) is 4.39 Å². The second kappa shape index (κ2) is 8.78. The molecule has 0 unspecified atom stereocenters. The summed E-state index contributed by atoms with van der Waals surface area (Å²) in [5.74, 6) is -0.608. The molecule has 0 spiro atoms. The Morgan fingerprint density at radius 3 is 2.33 bits per heavy atom. The summed E-state index contributed by atoms with van der Waals surface area (Å²) >= 11 is 0. The first-order valence-corrected chi connectivity index (χ1v) is 7.81. The molecule has 0 aliphatic heterocycles. The Morgan fingerprint density at radius 1 is 1.10 bits per heavy atom. The van der Waals surface area contributed by atoms with E-state index in [1.165, 1.54) is 0 Å². The molecule has 0 saturated carbocycles. The second-order valence-corrected chi connectivity index (χ2v) is 5.20. The SMILES string of the molecule is CCN(CC)CCCN(CC)C(=O)c1cccc(C)c1F. The average Bonchev–Trinajstić information content (AvgIpc) is 2.50. The monoisotopic (exact) mass is 294 g/mol. The third-order valence-corrected chi connectivity index (χ3v) is 3.89. The van der Waals surface area contributed by atoms with Crippen molar-refractivity contribution >= 4 is 5.91 Å². The average molecular weight is 294 g/mol. The molecule has 4 heteroatoms. The number of halogens is 1. The lowest BCUT2D eigenvalue weighted by Gasteiger charge is -2.24. The lowest BCUT2D eigenvalue weighted by Crippen LogP contribution is -2.34. The normalized spacial score (nSPS) is 11.0. The molecule has 1 rings (SSSR count). The van der Waals surface area contributed by atoms with Gasteiger partial charge >= 0.3 is 0 Å². The number of amides is 1. The topological polar surface area (TPSA) is 23.6 Å². The Morgan fingerprint density at radius 2 is 1.76 bits per heavy atom. The van der Waals surface area contributed by atoms with Gasteiger partial charge in [0.05, 0.1) is 5.56 Å². The van der Waals surface area contributed by atoms with Crippen molar-refractivity contribution in [2.45, 2.75) is 34.1 Å². The van der Waals surface area contributed by atoms with Crippen LogP contribution in [0.25, 0.3) is 0 Å². The maximum Gasteiger partial charge on any atom is 0.256 e. The minimum absolute atomic E-state index is 0.180. The Bertz CT molecular complexity index is 458. The zero-order valence-corrected chi connectivity index (χ0v) is 13.7. The van der Waals surface area contributed by atoms with E-state index < -0.39 is 5.82 Å². The first-order valence-electron chi connectivity index (χ1n) is 7.81. The predicted molar refractivity (Wildman–Crippen MR) is 85.1 cm³/mol. The van der Waals surface area contributed by atoms with E-state index in [9.17, 15) is 9.18 Å². The molecule has 118 valence electrons. The number of rotatable bonds is 8. The van der Waals surface area contributed by atoms with Gasteiger partial charge in [-0.3, -0.25) is 4.79 Å². The molecule has 0 aliphatic carbocycles. The molecular formula is C17H27FN2O. The van der Waals surface area contributed by atoms with Crippen molar-refractivity contribution in [2.24, 2.45) is 0 Å². The maximum absolute atomic E-state index is 14.1. The number of benzene rings is 1. The molecule has 1 aromatic rings. The minimum atomic E-state index is -0.398. The first kappa shape index (κ1) is 17.6. The van der Waals surface area contributed by atoms with E-state index in [0.717, 1.165) is 26.1 Å². The fraction of sp³-hybridized carbons (Fsp3) is 0.588. The highest BCUT2D eigenvalue weighted by Crippen LogP contribution is 2.14. The van der Waals surface area contributed by atoms with Gasteiger partial charge in [-0.05, 0) is 51.5 Å². The predicted octanol–water partition coefficient (Wildman–Crippen LogP) is 3.33. The van der Waals surface area contributed by atoms with Gasteiger partial charge in [0.2, 0.25) is 0 Å².